The average Bonchev–Trinajstić information content (AvgIpc) is 2.75. The molecule has 1 aromatic rings. The van der Waals surface area contributed by atoms with Crippen LogP contribution < -0.4 is 0 Å². The van der Waals surface area contributed by atoms with Crippen molar-refractivity contribution < 1.29 is 18.7 Å². The number of hydrogen-bond donors (Lipinski definition) is 0. The van der Waals surface area contributed by atoms with E-state index in [4.69, 9.17) is 9.15 Å². The second-order valence-electron chi connectivity index (χ2n) is 3.73. The van der Waals surface area contributed by atoms with Crippen molar-refractivity contribution in [2.24, 2.45) is 0 Å². The summed E-state index contributed by atoms with van der Waals surface area (Å²) in [7, 11) is 0. The van der Waals surface area contributed by atoms with Crippen LogP contribution in [0, 0.1) is 6.92 Å². The summed E-state index contributed by atoms with van der Waals surface area (Å²) in [6, 6.07) is 1.63. The van der Waals surface area contributed by atoms with E-state index in [-0.39, 0.29) is 19.0 Å². The van der Waals surface area contributed by atoms with Crippen LogP contribution >= 0.6 is 0 Å². The monoisotopic (exact) mass is 251 g/mol. The number of amides is 1. The van der Waals surface area contributed by atoms with Crippen molar-refractivity contribution >= 4 is 11.9 Å². The number of ether oxygens (including phenoxy) is 1. The van der Waals surface area contributed by atoms with Gasteiger partial charge in [-0.05, 0) is 19.9 Å². The van der Waals surface area contributed by atoms with Crippen LogP contribution in [0.1, 0.15) is 23.0 Å². The van der Waals surface area contributed by atoms with Crippen LogP contribution in [0.2, 0.25) is 0 Å². The minimum Gasteiger partial charge on any atom is -0.469 e. The van der Waals surface area contributed by atoms with Gasteiger partial charge in [0.1, 0.15) is 18.6 Å². The molecule has 0 radical (unpaired) electrons. The Balaban J connectivity index is 2.74. The molecule has 5 heteroatoms. The molecule has 5 nitrogen and oxygen atoms in total. The van der Waals surface area contributed by atoms with E-state index in [1.807, 2.05) is 0 Å². The molecule has 1 amide bonds. The van der Waals surface area contributed by atoms with Crippen molar-refractivity contribution in [1.82, 2.24) is 4.90 Å². The zero-order valence-corrected chi connectivity index (χ0v) is 10.6. The first kappa shape index (κ1) is 14.0. The van der Waals surface area contributed by atoms with Crippen LogP contribution in [0.4, 0.5) is 0 Å². The third-order valence-electron chi connectivity index (χ3n) is 2.24. The van der Waals surface area contributed by atoms with E-state index in [1.54, 1.807) is 26.0 Å². The minimum atomic E-state index is -0.437. The van der Waals surface area contributed by atoms with Crippen LogP contribution in [0.3, 0.4) is 0 Å². The van der Waals surface area contributed by atoms with E-state index in [9.17, 15) is 9.59 Å². The van der Waals surface area contributed by atoms with Crippen LogP contribution in [-0.2, 0) is 9.53 Å². The summed E-state index contributed by atoms with van der Waals surface area (Å²) in [6.45, 7) is 7.51. The summed E-state index contributed by atoms with van der Waals surface area (Å²) < 4.78 is 9.90. The SMILES string of the molecule is C=CCN(CC(=O)OCC)C(=O)c1coc(C)c1. The summed E-state index contributed by atoms with van der Waals surface area (Å²) in [5, 5.41) is 0. The third kappa shape index (κ3) is 3.76. The molecule has 0 N–H and O–H groups in total. The zero-order valence-electron chi connectivity index (χ0n) is 10.6. The Morgan fingerprint density at radius 2 is 2.28 bits per heavy atom. The first-order chi connectivity index (χ1) is 8.58. The molecule has 0 aliphatic carbocycles. The van der Waals surface area contributed by atoms with Gasteiger partial charge in [-0.2, -0.15) is 0 Å². The molecular formula is C13H17NO4. The highest BCUT2D eigenvalue weighted by molar-refractivity contribution is 5.95. The zero-order chi connectivity index (χ0) is 13.5. The summed E-state index contributed by atoms with van der Waals surface area (Å²) in [5.41, 5.74) is 0.415. The normalized spacial score (nSPS) is 9.89. The lowest BCUT2D eigenvalue weighted by Gasteiger charge is -2.19. The third-order valence-corrected chi connectivity index (χ3v) is 2.24. The van der Waals surface area contributed by atoms with Crippen LogP contribution in [0.15, 0.2) is 29.4 Å². The van der Waals surface area contributed by atoms with Crippen LogP contribution in [-0.4, -0.2) is 36.5 Å². The summed E-state index contributed by atoms with van der Waals surface area (Å²) in [5.74, 6) is -0.0687. The number of hydrogen-bond acceptors (Lipinski definition) is 4. The molecule has 0 aromatic carbocycles. The van der Waals surface area contributed by atoms with Gasteiger partial charge in [0, 0.05) is 6.54 Å². The molecule has 1 rings (SSSR count). The molecular weight excluding hydrogens is 234 g/mol. The maximum atomic E-state index is 12.1. The fourth-order valence-corrected chi connectivity index (χ4v) is 1.48. The highest BCUT2D eigenvalue weighted by Gasteiger charge is 2.19. The van der Waals surface area contributed by atoms with Crippen molar-refractivity contribution in [3.63, 3.8) is 0 Å². The fourth-order valence-electron chi connectivity index (χ4n) is 1.48. The van der Waals surface area contributed by atoms with Crippen LogP contribution in [0.25, 0.3) is 0 Å². The lowest BCUT2D eigenvalue weighted by atomic mass is 10.2. The molecule has 0 saturated heterocycles. The molecule has 0 unspecified atom stereocenters. The van der Waals surface area contributed by atoms with Gasteiger partial charge in [-0.15, -0.1) is 6.58 Å². The van der Waals surface area contributed by atoms with Crippen molar-refractivity contribution in [2.45, 2.75) is 13.8 Å². The predicted octanol–water partition coefficient (Wildman–Crippen LogP) is 1.78. The predicted molar refractivity (Wildman–Crippen MR) is 66.2 cm³/mol. The largest absolute Gasteiger partial charge is 0.469 e. The molecule has 0 aliphatic rings. The quantitative estimate of drug-likeness (QED) is 0.571. The Morgan fingerprint density at radius 3 is 2.78 bits per heavy atom. The molecule has 0 fully saturated rings. The van der Waals surface area contributed by atoms with E-state index in [2.05, 4.69) is 6.58 Å². The van der Waals surface area contributed by atoms with Gasteiger partial charge in [0.25, 0.3) is 5.91 Å². The van der Waals surface area contributed by atoms with Crippen molar-refractivity contribution in [3.8, 4) is 0 Å². The first-order valence-electron chi connectivity index (χ1n) is 5.69. The summed E-state index contributed by atoms with van der Waals surface area (Å²) in [4.78, 5) is 24.9. The van der Waals surface area contributed by atoms with Gasteiger partial charge in [0.2, 0.25) is 0 Å². The number of nitrogens with zero attached hydrogens (tertiary/aromatic N) is 1. The second-order valence-corrected chi connectivity index (χ2v) is 3.73. The number of aryl methyl sites for hydroxylation is 1. The van der Waals surface area contributed by atoms with Crippen molar-refractivity contribution in [2.75, 3.05) is 19.7 Å². The number of carbonyl (C=O) groups is 2. The van der Waals surface area contributed by atoms with Gasteiger partial charge < -0.3 is 14.1 Å². The Bertz CT molecular complexity index is 436. The molecule has 0 bridgehead atoms. The van der Waals surface area contributed by atoms with Gasteiger partial charge in [0.15, 0.2) is 0 Å². The van der Waals surface area contributed by atoms with Gasteiger partial charge in [-0.1, -0.05) is 6.08 Å². The standard InChI is InChI=1S/C13H17NO4/c1-4-6-14(8-12(15)17-5-2)13(16)11-7-10(3)18-9-11/h4,7,9H,1,5-6,8H2,2-3H3. The fraction of sp³-hybridized carbons (Fsp3) is 0.385. The topological polar surface area (TPSA) is 59.8 Å². The lowest BCUT2D eigenvalue weighted by Crippen LogP contribution is -2.36. The number of furan rings is 1. The lowest BCUT2D eigenvalue weighted by molar-refractivity contribution is -0.143. The van der Waals surface area contributed by atoms with E-state index in [0.717, 1.165) is 0 Å². The van der Waals surface area contributed by atoms with E-state index in [1.165, 1.54) is 11.2 Å². The molecule has 0 saturated carbocycles. The van der Waals surface area contributed by atoms with Gasteiger partial charge in [-0.3, -0.25) is 9.59 Å². The molecule has 98 valence electrons. The number of esters is 1. The Morgan fingerprint density at radius 1 is 1.56 bits per heavy atom. The van der Waals surface area contributed by atoms with Crippen molar-refractivity contribution in [3.05, 3.63) is 36.3 Å². The van der Waals surface area contributed by atoms with Gasteiger partial charge in [0.05, 0.1) is 12.2 Å². The molecule has 0 spiro atoms. The van der Waals surface area contributed by atoms with Gasteiger partial charge in [-0.25, -0.2) is 0 Å². The van der Waals surface area contributed by atoms with E-state index < -0.39 is 5.97 Å². The Labute approximate surface area is 106 Å². The smallest absolute Gasteiger partial charge is 0.325 e. The summed E-state index contributed by atoms with van der Waals surface area (Å²) in [6.07, 6.45) is 2.93. The minimum absolute atomic E-state index is 0.0943. The Hall–Kier alpha value is -2.04. The molecule has 1 heterocycles. The maximum Gasteiger partial charge on any atom is 0.325 e. The number of rotatable bonds is 6. The highest BCUT2D eigenvalue weighted by atomic mass is 16.5. The molecule has 0 atom stereocenters. The summed E-state index contributed by atoms with van der Waals surface area (Å²) >= 11 is 0. The van der Waals surface area contributed by atoms with E-state index in [0.29, 0.717) is 17.9 Å². The molecule has 1 aromatic heterocycles. The van der Waals surface area contributed by atoms with Crippen molar-refractivity contribution in [1.29, 1.82) is 0 Å². The molecule has 0 aliphatic heterocycles. The second kappa shape index (κ2) is 6.64. The Kier molecular flexibility index (Phi) is 5.17. The number of carbonyl (C=O) groups excluding carboxylic acids is 2. The first-order valence-corrected chi connectivity index (χ1v) is 5.69. The average molecular weight is 251 g/mol. The van der Waals surface area contributed by atoms with Crippen LogP contribution in [0.5, 0.6) is 0 Å². The maximum absolute atomic E-state index is 12.1. The molecule has 18 heavy (non-hydrogen) atoms. The highest BCUT2D eigenvalue weighted by Crippen LogP contribution is 2.10. The van der Waals surface area contributed by atoms with E-state index >= 15 is 0 Å². The van der Waals surface area contributed by atoms with Gasteiger partial charge >= 0.3 is 5.97 Å².